The van der Waals surface area contributed by atoms with Crippen molar-refractivity contribution in [3.05, 3.63) is 30.3 Å². The molecule has 7 heteroatoms. The number of carbonyl (C=O) groups excluding carboxylic acids is 2. The maximum atomic E-state index is 12.5. The summed E-state index contributed by atoms with van der Waals surface area (Å²) in [6, 6.07) is 7.66. The molecule has 126 valence electrons. The molecule has 0 fully saturated rings. The third kappa shape index (κ3) is 5.98. The van der Waals surface area contributed by atoms with Gasteiger partial charge in [0.1, 0.15) is 18.2 Å². The minimum absolute atomic E-state index is 0.486. The van der Waals surface area contributed by atoms with Gasteiger partial charge in [0, 0.05) is 5.69 Å². The van der Waals surface area contributed by atoms with E-state index in [-0.39, 0.29) is 0 Å². The first-order chi connectivity index (χ1) is 10.6. The van der Waals surface area contributed by atoms with Gasteiger partial charge in [-0.25, -0.2) is 4.79 Å². The Morgan fingerprint density at radius 3 is 2.26 bits per heavy atom. The number of amides is 2. The second-order valence-corrected chi connectivity index (χ2v) is 5.97. The molecule has 0 aromatic heterocycles. The zero-order valence-electron chi connectivity index (χ0n) is 13.7. The van der Waals surface area contributed by atoms with Crippen molar-refractivity contribution in [3.63, 3.8) is 0 Å². The SMILES string of the molecule is CC(C(=O)NCC(=O)O)N(C(=O)OC(C)(C)C)c1ccccc1. The summed E-state index contributed by atoms with van der Waals surface area (Å²) in [6.45, 7) is 6.17. The normalized spacial score (nSPS) is 12.2. The van der Waals surface area contributed by atoms with E-state index in [0.29, 0.717) is 5.69 Å². The number of rotatable bonds is 5. The van der Waals surface area contributed by atoms with E-state index in [1.54, 1.807) is 51.1 Å². The molecule has 1 rings (SSSR count). The van der Waals surface area contributed by atoms with E-state index >= 15 is 0 Å². The predicted octanol–water partition coefficient (Wildman–Crippen LogP) is 2.02. The van der Waals surface area contributed by atoms with Crippen LogP contribution in [0.3, 0.4) is 0 Å². The van der Waals surface area contributed by atoms with Crippen LogP contribution in [0.25, 0.3) is 0 Å². The first-order valence-corrected chi connectivity index (χ1v) is 7.18. The largest absolute Gasteiger partial charge is 0.480 e. The van der Waals surface area contributed by atoms with Crippen LogP contribution in [-0.2, 0) is 14.3 Å². The number of ether oxygens (including phenoxy) is 1. The van der Waals surface area contributed by atoms with Gasteiger partial charge in [0.05, 0.1) is 0 Å². The van der Waals surface area contributed by atoms with Crippen LogP contribution in [0.4, 0.5) is 10.5 Å². The van der Waals surface area contributed by atoms with Crippen molar-refractivity contribution in [2.45, 2.75) is 39.3 Å². The van der Waals surface area contributed by atoms with Crippen LogP contribution in [-0.4, -0.2) is 41.3 Å². The van der Waals surface area contributed by atoms with Gasteiger partial charge in [-0.3, -0.25) is 14.5 Å². The summed E-state index contributed by atoms with van der Waals surface area (Å²) in [5, 5.41) is 10.9. The number of para-hydroxylation sites is 1. The van der Waals surface area contributed by atoms with E-state index in [1.807, 2.05) is 0 Å². The summed E-state index contributed by atoms with van der Waals surface area (Å²) >= 11 is 0. The lowest BCUT2D eigenvalue weighted by molar-refractivity contribution is -0.138. The van der Waals surface area contributed by atoms with Gasteiger partial charge in [0.25, 0.3) is 0 Å². The van der Waals surface area contributed by atoms with Crippen molar-refractivity contribution in [1.82, 2.24) is 5.32 Å². The van der Waals surface area contributed by atoms with Crippen molar-refractivity contribution in [2.24, 2.45) is 0 Å². The van der Waals surface area contributed by atoms with Gasteiger partial charge in [-0.05, 0) is 39.8 Å². The number of hydrogen-bond donors (Lipinski definition) is 2. The monoisotopic (exact) mass is 322 g/mol. The van der Waals surface area contributed by atoms with E-state index < -0.39 is 36.2 Å². The first-order valence-electron chi connectivity index (χ1n) is 7.18. The van der Waals surface area contributed by atoms with Crippen molar-refractivity contribution in [1.29, 1.82) is 0 Å². The fraction of sp³-hybridized carbons (Fsp3) is 0.438. The summed E-state index contributed by atoms with van der Waals surface area (Å²) in [7, 11) is 0. The number of nitrogens with one attached hydrogen (secondary N) is 1. The number of carbonyl (C=O) groups is 3. The Kier molecular flexibility index (Phi) is 6.12. The molecule has 2 N–H and O–H groups in total. The average molecular weight is 322 g/mol. The van der Waals surface area contributed by atoms with Crippen LogP contribution in [0.5, 0.6) is 0 Å². The van der Waals surface area contributed by atoms with E-state index in [9.17, 15) is 14.4 Å². The van der Waals surface area contributed by atoms with Crippen molar-refractivity contribution < 1.29 is 24.2 Å². The van der Waals surface area contributed by atoms with Crippen LogP contribution in [0.1, 0.15) is 27.7 Å². The molecule has 1 aromatic carbocycles. The molecule has 0 bridgehead atoms. The molecule has 0 aliphatic heterocycles. The highest BCUT2D eigenvalue weighted by Gasteiger charge is 2.31. The summed E-state index contributed by atoms with van der Waals surface area (Å²) in [6.07, 6.45) is -0.679. The zero-order chi connectivity index (χ0) is 17.6. The van der Waals surface area contributed by atoms with E-state index in [0.717, 1.165) is 0 Å². The van der Waals surface area contributed by atoms with E-state index in [1.165, 1.54) is 11.8 Å². The van der Waals surface area contributed by atoms with Crippen molar-refractivity contribution in [2.75, 3.05) is 11.4 Å². The lowest BCUT2D eigenvalue weighted by Crippen LogP contribution is -2.50. The van der Waals surface area contributed by atoms with Gasteiger partial charge in [-0.1, -0.05) is 18.2 Å². The molecule has 1 aromatic rings. The Hall–Kier alpha value is -2.57. The van der Waals surface area contributed by atoms with Gasteiger partial charge in [-0.2, -0.15) is 0 Å². The van der Waals surface area contributed by atoms with Crippen LogP contribution in [0, 0.1) is 0 Å². The first kappa shape index (κ1) is 18.5. The van der Waals surface area contributed by atoms with Gasteiger partial charge in [-0.15, -0.1) is 0 Å². The number of aliphatic carboxylic acids is 1. The highest BCUT2D eigenvalue weighted by molar-refractivity contribution is 5.98. The number of hydrogen-bond acceptors (Lipinski definition) is 4. The fourth-order valence-electron chi connectivity index (χ4n) is 1.81. The minimum atomic E-state index is -1.16. The topological polar surface area (TPSA) is 95.9 Å². The van der Waals surface area contributed by atoms with Crippen molar-refractivity contribution in [3.8, 4) is 0 Å². The van der Waals surface area contributed by atoms with Crippen LogP contribution in [0.15, 0.2) is 30.3 Å². The van der Waals surface area contributed by atoms with Crippen LogP contribution >= 0.6 is 0 Å². The second kappa shape index (κ2) is 7.62. The Morgan fingerprint density at radius 1 is 1.22 bits per heavy atom. The maximum absolute atomic E-state index is 12.5. The Morgan fingerprint density at radius 2 is 1.78 bits per heavy atom. The highest BCUT2D eigenvalue weighted by atomic mass is 16.6. The average Bonchev–Trinajstić information content (AvgIpc) is 2.44. The molecule has 0 radical (unpaired) electrons. The standard InChI is InChI=1S/C16H22N2O5/c1-11(14(21)17-10-13(19)20)18(12-8-6-5-7-9-12)15(22)23-16(2,3)4/h5-9,11H,10H2,1-4H3,(H,17,21)(H,19,20). The molecular formula is C16H22N2O5. The molecular weight excluding hydrogens is 300 g/mol. The quantitative estimate of drug-likeness (QED) is 0.864. The van der Waals surface area contributed by atoms with Gasteiger partial charge in [0.2, 0.25) is 5.91 Å². The van der Waals surface area contributed by atoms with Gasteiger partial charge in [0.15, 0.2) is 0 Å². The smallest absolute Gasteiger partial charge is 0.415 e. The molecule has 0 heterocycles. The van der Waals surface area contributed by atoms with E-state index in [2.05, 4.69) is 5.32 Å². The van der Waals surface area contributed by atoms with E-state index in [4.69, 9.17) is 9.84 Å². The van der Waals surface area contributed by atoms with Crippen LogP contribution in [0.2, 0.25) is 0 Å². The number of nitrogens with zero attached hydrogens (tertiary/aromatic N) is 1. The van der Waals surface area contributed by atoms with Gasteiger partial charge >= 0.3 is 12.1 Å². The number of carboxylic acids is 1. The molecule has 7 nitrogen and oxygen atoms in total. The summed E-state index contributed by atoms with van der Waals surface area (Å²) < 4.78 is 5.34. The lowest BCUT2D eigenvalue weighted by Gasteiger charge is -2.31. The summed E-state index contributed by atoms with van der Waals surface area (Å²) in [4.78, 5) is 36.3. The third-order valence-corrected chi connectivity index (χ3v) is 2.81. The lowest BCUT2D eigenvalue weighted by atomic mass is 10.2. The fourth-order valence-corrected chi connectivity index (χ4v) is 1.81. The molecule has 1 atom stereocenters. The maximum Gasteiger partial charge on any atom is 0.415 e. The molecule has 2 amide bonds. The molecule has 0 saturated carbocycles. The molecule has 0 saturated heterocycles. The predicted molar refractivity (Wildman–Crippen MR) is 85.3 cm³/mol. The van der Waals surface area contributed by atoms with Gasteiger partial charge < -0.3 is 15.2 Å². The Bertz CT molecular complexity index is 566. The molecule has 0 spiro atoms. The molecule has 1 unspecified atom stereocenters. The number of carboxylic acid groups (broad SMARTS) is 1. The molecule has 23 heavy (non-hydrogen) atoms. The zero-order valence-corrected chi connectivity index (χ0v) is 13.7. The molecule has 0 aliphatic carbocycles. The summed E-state index contributed by atoms with van der Waals surface area (Å²) in [5.74, 6) is -1.74. The Labute approximate surface area is 135 Å². The molecule has 0 aliphatic rings. The summed E-state index contributed by atoms with van der Waals surface area (Å²) in [5.41, 5.74) is -0.235. The minimum Gasteiger partial charge on any atom is -0.480 e. The third-order valence-electron chi connectivity index (χ3n) is 2.81. The highest BCUT2D eigenvalue weighted by Crippen LogP contribution is 2.20. The van der Waals surface area contributed by atoms with Crippen molar-refractivity contribution >= 4 is 23.7 Å². The Balaban J connectivity index is 3.02. The van der Waals surface area contributed by atoms with Crippen LogP contribution < -0.4 is 10.2 Å². The number of benzene rings is 1. The number of anilines is 1. The second-order valence-electron chi connectivity index (χ2n) is 5.97.